The summed E-state index contributed by atoms with van der Waals surface area (Å²) in [5, 5.41) is 16.6. The van der Waals surface area contributed by atoms with Crippen LogP contribution in [0.25, 0.3) is 0 Å². The van der Waals surface area contributed by atoms with Crippen LogP contribution in [-0.2, 0) is 60.7 Å². The van der Waals surface area contributed by atoms with Crippen LogP contribution >= 0.6 is 0 Å². The average molecular weight is 949 g/mol. The van der Waals surface area contributed by atoms with Gasteiger partial charge in [0.2, 0.25) is 0 Å². The minimum atomic E-state index is -1.04. The van der Waals surface area contributed by atoms with Gasteiger partial charge in [-0.15, -0.1) is 0 Å². The Morgan fingerprint density at radius 3 is 1.22 bits per heavy atom. The molecule has 68 heavy (non-hydrogen) atoms. The van der Waals surface area contributed by atoms with E-state index in [1.807, 2.05) is 0 Å². The van der Waals surface area contributed by atoms with Crippen molar-refractivity contribution >= 4 is 47.9 Å². The Morgan fingerprint density at radius 2 is 0.912 bits per heavy atom. The minimum absolute atomic E-state index is 0.0634. The molecule has 2 aromatic carbocycles. The molecule has 8 atom stereocenters. The quantitative estimate of drug-likeness (QED) is 0.0799. The first-order valence-corrected chi connectivity index (χ1v) is 22.1. The summed E-state index contributed by atoms with van der Waals surface area (Å²) in [5.74, 6) is -0.290. The van der Waals surface area contributed by atoms with Gasteiger partial charge in [0.15, 0.2) is 13.2 Å². The second-order valence-electron chi connectivity index (χ2n) is 18.3. The first-order chi connectivity index (χ1) is 32.0. The molecule has 2 fully saturated rings. The van der Waals surface area contributed by atoms with Crippen molar-refractivity contribution in [3.63, 3.8) is 0 Å². The summed E-state index contributed by atoms with van der Waals surface area (Å²) < 4.78 is 30.8. The number of carbonyl (C=O) groups is 8. The van der Waals surface area contributed by atoms with Gasteiger partial charge in [0, 0.05) is 38.0 Å². The van der Waals surface area contributed by atoms with Crippen LogP contribution in [0, 0.1) is 23.7 Å². The van der Waals surface area contributed by atoms with Gasteiger partial charge >= 0.3 is 36.3 Å². The predicted octanol–water partition coefficient (Wildman–Crippen LogP) is 3.50. The number of esters is 2. The second kappa shape index (κ2) is 24.3. The predicted molar refractivity (Wildman–Crippen MR) is 245 cm³/mol. The molecule has 2 aromatic rings. The Kier molecular flexibility index (Phi) is 19.3. The van der Waals surface area contributed by atoms with Crippen LogP contribution in [-0.4, -0.2) is 124 Å². The van der Waals surface area contributed by atoms with Gasteiger partial charge in [0.05, 0.1) is 38.1 Å². The topological polar surface area (TPSA) is 264 Å². The summed E-state index contributed by atoms with van der Waals surface area (Å²) in [6.45, 7) is 13.7. The number of ketones is 2. The molecule has 20 nitrogen and oxygen atoms in total. The average Bonchev–Trinajstić information content (AvgIpc) is 3.90. The Balaban J connectivity index is 1.27. The van der Waals surface area contributed by atoms with Gasteiger partial charge in [0.1, 0.15) is 34.9 Å². The van der Waals surface area contributed by atoms with Gasteiger partial charge in [0.25, 0.3) is 0 Å². The lowest BCUT2D eigenvalue weighted by Crippen LogP contribution is -2.48. The van der Waals surface area contributed by atoms with Crippen molar-refractivity contribution in [3.05, 3.63) is 70.8 Å². The number of Topliss-reactive ketones (excluding diaryl/α,β-unsaturated/α-hetero) is 2. The molecule has 370 valence electrons. The van der Waals surface area contributed by atoms with Crippen molar-refractivity contribution in [2.45, 2.75) is 116 Å². The molecule has 20 heteroatoms. The van der Waals surface area contributed by atoms with E-state index in [0.29, 0.717) is 11.1 Å². The SMILES string of the molecule is COC(=O)C1NCC(NC(=O)OCC#CCOC(=O)NC2CNC(C(=O)OC)C2C(=O)C(C)c2ccc(CNC(=O)OC(C)(C)C)cc2)C1C(=O)C(C)c1ccc(CNC(=O)OC(C)(C)C)cc1. The number of benzene rings is 2. The maximum absolute atomic E-state index is 13.9. The van der Waals surface area contributed by atoms with Crippen molar-refractivity contribution in [2.24, 2.45) is 11.8 Å². The lowest BCUT2D eigenvalue weighted by Gasteiger charge is -2.25. The lowest BCUT2D eigenvalue weighted by atomic mass is 9.82. The highest BCUT2D eigenvalue weighted by molar-refractivity contribution is 5.95. The zero-order valence-electron chi connectivity index (χ0n) is 40.2. The summed E-state index contributed by atoms with van der Waals surface area (Å²) in [4.78, 5) is 103. The number of rotatable bonds is 16. The van der Waals surface area contributed by atoms with E-state index in [9.17, 15) is 38.4 Å². The molecule has 0 bridgehead atoms. The van der Waals surface area contributed by atoms with Crippen molar-refractivity contribution in [3.8, 4) is 11.8 Å². The number of hydrogen-bond donors (Lipinski definition) is 6. The highest BCUT2D eigenvalue weighted by Crippen LogP contribution is 2.30. The van der Waals surface area contributed by atoms with Crippen LogP contribution < -0.4 is 31.9 Å². The van der Waals surface area contributed by atoms with Crippen molar-refractivity contribution in [1.29, 1.82) is 0 Å². The first kappa shape index (κ1) is 53.9. The van der Waals surface area contributed by atoms with Crippen molar-refractivity contribution in [1.82, 2.24) is 31.9 Å². The fourth-order valence-electron chi connectivity index (χ4n) is 7.62. The maximum Gasteiger partial charge on any atom is 0.408 e. The zero-order valence-corrected chi connectivity index (χ0v) is 40.2. The van der Waals surface area contributed by atoms with E-state index in [4.69, 9.17) is 28.4 Å². The van der Waals surface area contributed by atoms with E-state index in [0.717, 1.165) is 11.1 Å². The molecule has 2 saturated heterocycles. The summed E-state index contributed by atoms with van der Waals surface area (Å²) in [7, 11) is 2.40. The van der Waals surface area contributed by atoms with E-state index >= 15 is 0 Å². The van der Waals surface area contributed by atoms with Crippen LogP contribution in [0.3, 0.4) is 0 Å². The van der Waals surface area contributed by atoms with Crippen LogP contribution in [0.4, 0.5) is 19.2 Å². The minimum Gasteiger partial charge on any atom is -0.468 e. The van der Waals surface area contributed by atoms with Gasteiger partial charge in [-0.2, -0.15) is 0 Å². The number of carbonyl (C=O) groups excluding carboxylic acids is 8. The Labute approximate surface area is 396 Å². The molecule has 4 rings (SSSR count). The van der Waals surface area contributed by atoms with Crippen LogP contribution in [0.1, 0.15) is 89.5 Å². The van der Waals surface area contributed by atoms with E-state index in [-0.39, 0.29) is 37.7 Å². The molecule has 2 heterocycles. The molecular weight excluding hydrogens is 885 g/mol. The van der Waals surface area contributed by atoms with E-state index in [1.54, 1.807) is 104 Å². The van der Waals surface area contributed by atoms with Crippen molar-refractivity contribution in [2.75, 3.05) is 40.5 Å². The number of ether oxygens (including phenoxy) is 6. The maximum atomic E-state index is 13.9. The van der Waals surface area contributed by atoms with E-state index in [1.165, 1.54) is 14.2 Å². The van der Waals surface area contributed by atoms with Crippen LogP contribution in [0.5, 0.6) is 0 Å². The van der Waals surface area contributed by atoms with Gasteiger partial charge < -0.3 is 60.3 Å². The van der Waals surface area contributed by atoms with Gasteiger partial charge in [-0.25, -0.2) is 19.2 Å². The summed E-state index contributed by atoms with van der Waals surface area (Å²) in [6, 6.07) is 10.3. The van der Waals surface area contributed by atoms with Gasteiger partial charge in [-0.3, -0.25) is 19.2 Å². The normalized spacial score (nSPS) is 20.7. The molecule has 0 radical (unpaired) electrons. The van der Waals surface area contributed by atoms with Gasteiger partial charge in [-0.05, 0) is 63.8 Å². The molecule has 0 saturated carbocycles. The smallest absolute Gasteiger partial charge is 0.408 e. The zero-order chi connectivity index (χ0) is 50.3. The number of hydrogen-bond acceptors (Lipinski definition) is 16. The fourth-order valence-corrected chi connectivity index (χ4v) is 7.62. The highest BCUT2D eigenvalue weighted by Gasteiger charge is 2.48. The third-order valence-electron chi connectivity index (χ3n) is 11.0. The molecular formula is C48H64N6O14. The van der Waals surface area contributed by atoms with Gasteiger partial charge in [-0.1, -0.05) is 74.2 Å². The largest absolute Gasteiger partial charge is 0.468 e. The highest BCUT2D eigenvalue weighted by atomic mass is 16.6. The molecule has 4 amide bonds. The van der Waals surface area contributed by atoms with Crippen LogP contribution in [0.15, 0.2) is 48.5 Å². The number of methoxy groups -OCH3 is 2. The molecule has 2 aliphatic heterocycles. The molecule has 8 unspecified atom stereocenters. The Bertz CT molecular complexity index is 2040. The molecule has 0 aromatic heterocycles. The number of alkyl carbamates (subject to hydrolysis) is 4. The summed E-state index contributed by atoms with van der Waals surface area (Å²) >= 11 is 0. The third-order valence-corrected chi connectivity index (χ3v) is 11.0. The molecule has 2 aliphatic rings. The fraction of sp³-hybridized carbons (Fsp3) is 0.542. The summed E-state index contributed by atoms with van der Waals surface area (Å²) in [6.07, 6.45) is -2.95. The monoisotopic (exact) mass is 948 g/mol. The second-order valence-corrected chi connectivity index (χ2v) is 18.3. The number of nitrogens with one attached hydrogen (secondary N) is 6. The van der Waals surface area contributed by atoms with E-state index < -0.39 is 109 Å². The lowest BCUT2D eigenvalue weighted by molar-refractivity contribution is -0.146. The number of amides is 4. The van der Waals surface area contributed by atoms with Crippen LogP contribution in [0.2, 0.25) is 0 Å². The molecule has 0 spiro atoms. The summed E-state index contributed by atoms with van der Waals surface area (Å²) in [5.41, 5.74) is 1.55. The third kappa shape index (κ3) is 16.0. The first-order valence-electron chi connectivity index (χ1n) is 22.1. The Morgan fingerprint density at radius 1 is 0.574 bits per heavy atom. The van der Waals surface area contributed by atoms with E-state index in [2.05, 4.69) is 43.7 Å². The standard InChI is InChI=1S/C48H64N6O14/c1-27(31-17-13-29(14-18-31)23-51-43(59)67-47(3,4)5)39(55)35-33(25-49-37(35)41(57)63-9)53-45(61)65-21-11-12-22-66-46(62)54-34-26-50-38(42(58)64-10)36(34)40(56)28(2)32-19-15-30(16-20-32)24-52-44(60)68-48(6,7)8/h13-20,27-28,33-38,49-50H,21-26H2,1-10H3,(H,51,59)(H,52,60)(H,53,61)(H,54,62). The molecule has 6 N–H and O–H groups in total. The molecule has 0 aliphatic carbocycles. The van der Waals surface area contributed by atoms with Crippen molar-refractivity contribution < 1.29 is 66.8 Å². The Hall–Kier alpha value is -6.72.